The topological polar surface area (TPSA) is 58.1 Å². The zero-order chi connectivity index (χ0) is 14.7. The zero-order valence-corrected chi connectivity index (χ0v) is 12.8. The first-order valence-electron chi connectivity index (χ1n) is 7.34. The molecule has 0 radical (unpaired) electrons. The van der Waals surface area contributed by atoms with E-state index in [-0.39, 0.29) is 11.9 Å². The van der Waals surface area contributed by atoms with E-state index in [4.69, 9.17) is 0 Å². The summed E-state index contributed by atoms with van der Waals surface area (Å²) in [5.41, 5.74) is 2.15. The van der Waals surface area contributed by atoms with Crippen molar-refractivity contribution in [3.63, 3.8) is 0 Å². The van der Waals surface area contributed by atoms with Crippen molar-refractivity contribution in [1.82, 2.24) is 20.4 Å². The summed E-state index contributed by atoms with van der Waals surface area (Å²) in [6.45, 7) is 9.64. The van der Waals surface area contributed by atoms with Gasteiger partial charge in [0.2, 0.25) is 0 Å². The summed E-state index contributed by atoms with van der Waals surface area (Å²) in [6.07, 6.45) is 2.34. The molecular formula is C15H24N4O. The highest BCUT2D eigenvalue weighted by Crippen LogP contribution is 2.15. The van der Waals surface area contributed by atoms with Gasteiger partial charge in [0.05, 0.1) is 17.0 Å². The van der Waals surface area contributed by atoms with Crippen LogP contribution in [0.5, 0.6) is 0 Å². The van der Waals surface area contributed by atoms with Gasteiger partial charge in [-0.1, -0.05) is 0 Å². The van der Waals surface area contributed by atoms with Crippen molar-refractivity contribution in [3.05, 3.63) is 23.0 Å². The fraction of sp³-hybridized carbons (Fsp3) is 0.667. The molecule has 0 saturated carbocycles. The predicted molar refractivity (Wildman–Crippen MR) is 78.7 cm³/mol. The molecule has 1 fully saturated rings. The molecule has 1 amide bonds. The van der Waals surface area contributed by atoms with Gasteiger partial charge in [-0.3, -0.25) is 4.79 Å². The molecule has 0 spiro atoms. The fourth-order valence-corrected chi connectivity index (χ4v) is 2.60. The van der Waals surface area contributed by atoms with Gasteiger partial charge in [0, 0.05) is 18.6 Å². The molecule has 20 heavy (non-hydrogen) atoms. The van der Waals surface area contributed by atoms with Crippen molar-refractivity contribution in [2.24, 2.45) is 0 Å². The molecule has 1 aliphatic rings. The van der Waals surface area contributed by atoms with E-state index in [1.165, 1.54) is 6.42 Å². The minimum atomic E-state index is 0.0594. The molecule has 1 saturated heterocycles. The number of hydrogen-bond acceptors (Lipinski definition) is 4. The standard InChI is InChI=1S/C15H24N4O/c1-10(2)19(9-13-6-5-7-16-13)15(20)14-8-11(3)17-18-12(14)4/h8,10,13,16H,5-7,9H2,1-4H3. The molecule has 1 atom stereocenters. The molecule has 1 unspecified atom stereocenters. The number of nitrogens with zero attached hydrogens (tertiary/aromatic N) is 3. The van der Waals surface area contributed by atoms with Crippen LogP contribution in [0.4, 0.5) is 0 Å². The van der Waals surface area contributed by atoms with Crippen molar-refractivity contribution in [1.29, 1.82) is 0 Å². The number of amides is 1. The second-order valence-electron chi connectivity index (χ2n) is 5.83. The summed E-state index contributed by atoms with van der Waals surface area (Å²) in [7, 11) is 0. The molecule has 5 nitrogen and oxygen atoms in total. The SMILES string of the molecule is Cc1cc(C(=O)N(CC2CCCN2)C(C)C)c(C)nn1. The quantitative estimate of drug-likeness (QED) is 0.909. The number of nitrogens with one attached hydrogen (secondary N) is 1. The van der Waals surface area contributed by atoms with Crippen LogP contribution in [0.3, 0.4) is 0 Å². The van der Waals surface area contributed by atoms with Crippen LogP contribution in [0.2, 0.25) is 0 Å². The van der Waals surface area contributed by atoms with Crippen molar-refractivity contribution in [3.8, 4) is 0 Å². The minimum Gasteiger partial charge on any atom is -0.335 e. The lowest BCUT2D eigenvalue weighted by Gasteiger charge is -2.30. The van der Waals surface area contributed by atoms with Crippen LogP contribution in [0.1, 0.15) is 48.4 Å². The third-order valence-corrected chi connectivity index (χ3v) is 3.79. The molecular weight excluding hydrogens is 252 g/mol. The third kappa shape index (κ3) is 3.33. The van der Waals surface area contributed by atoms with Crippen molar-refractivity contribution < 1.29 is 4.79 Å². The van der Waals surface area contributed by atoms with Gasteiger partial charge in [-0.15, -0.1) is 0 Å². The van der Waals surface area contributed by atoms with Crippen LogP contribution >= 0.6 is 0 Å². The smallest absolute Gasteiger partial charge is 0.256 e. The van der Waals surface area contributed by atoms with E-state index in [1.807, 2.05) is 24.8 Å². The third-order valence-electron chi connectivity index (χ3n) is 3.79. The number of rotatable bonds is 4. The van der Waals surface area contributed by atoms with Crippen LogP contribution < -0.4 is 5.32 Å². The van der Waals surface area contributed by atoms with E-state index >= 15 is 0 Å². The van der Waals surface area contributed by atoms with Crippen LogP contribution in [-0.4, -0.2) is 46.2 Å². The first-order chi connectivity index (χ1) is 9.49. The Hall–Kier alpha value is -1.49. The summed E-state index contributed by atoms with van der Waals surface area (Å²) in [5.74, 6) is 0.0594. The second-order valence-corrected chi connectivity index (χ2v) is 5.83. The van der Waals surface area contributed by atoms with Crippen LogP contribution in [-0.2, 0) is 0 Å². The molecule has 0 aliphatic carbocycles. The highest BCUT2D eigenvalue weighted by molar-refractivity contribution is 5.95. The molecule has 1 aromatic rings. The number of carbonyl (C=O) groups is 1. The van der Waals surface area contributed by atoms with Gasteiger partial charge in [0.1, 0.15) is 0 Å². The number of hydrogen-bond donors (Lipinski definition) is 1. The first-order valence-corrected chi connectivity index (χ1v) is 7.34. The maximum atomic E-state index is 12.8. The molecule has 1 aliphatic heterocycles. The predicted octanol–water partition coefficient (Wildman–Crippen LogP) is 1.70. The number of aromatic nitrogens is 2. The van der Waals surface area contributed by atoms with Gasteiger partial charge in [0.15, 0.2) is 0 Å². The lowest BCUT2D eigenvalue weighted by molar-refractivity contribution is 0.0687. The normalized spacial score (nSPS) is 18.6. The summed E-state index contributed by atoms with van der Waals surface area (Å²) < 4.78 is 0. The Labute approximate surface area is 120 Å². The molecule has 2 heterocycles. The molecule has 1 N–H and O–H groups in total. The lowest BCUT2D eigenvalue weighted by atomic mass is 10.1. The molecule has 0 bridgehead atoms. The van der Waals surface area contributed by atoms with Gasteiger partial charge < -0.3 is 10.2 Å². The number of carbonyl (C=O) groups excluding carboxylic acids is 1. The monoisotopic (exact) mass is 276 g/mol. The molecule has 1 aromatic heterocycles. The average Bonchev–Trinajstić information content (AvgIpc) is 2.90. The highest BCUT2D eigenvalue weighted by atomic mass is 16.2. The summed E-state index contributed by atoms with van der Waals surface area (Å²) in [6, 6.07) is 2.43. The van der Waals surface area contributed by atoms with Crippen molar-refractivity contribution in [2.45, 2.75) is 52.6 Å². The van der Waals surface area contributed by atoms with Gasteiger partial charge >= 0.3 is 0 Å². The Balaban J connectivity index is 2.19. The van der Waals surface area contributed by atoms with Gasteiger partial charge in [-0.25, -0.2) is 0 Å². The Morgan fingerprint density at radius 1 is 1.45 bits per heavy atom. The van der Waals surface area contributed by atoms with Gasteiger partial charge in [-0.2, -0.15) is 10.2 Å². The van der Waals surface area contributed by atoms with Crippen LogP contribution in [0, 0.1) is 13.8 Å². The Morgan fingerprint density at radius 2 is 2.20 bits per heavy atom. The van der Waals surface area contributed by atoms with E-state index in [1.54, 1.807) is 0 Å². The first kappa shape index (κ1) is 14.9. The molecule has 5 heteroatoms. The largest absolute Gasteiger partial charge is 0.335 e. The molecule has 0 aromatic carbocycles. The molecule has 2 rings (SSSR count). The Bertz CT molecular complexity index is 481. The summed E-state index contributed by atoms with van der Waals surface area (Å²) in [5, 5.41) is 11.5. The Morgan fingerprint density at radius 3 is 2.80 bits per heavy atom. The second kappa shape index (κ2) is 6.31. The molecule has 110 valence electrons. The van der Waals surface area contributed by atoms with Crippen LogP contribution in [0.15, 0.2) is 6.07 Å². The lowest BCUT2D eigenvalue weighted by Crippen LogP contribution is -2.45. The Kier molecular flexibility index (Phi) is 4.70. The van der Waals surface area contributed by atoms with Crippen molar-refractivity contribution >= 4 is 5.91 Å². The van der Waals surface area contributed by atoms with Crippen molar-refractivity contribution in [2.75, 3.05) is 13.1 Å². The maximum Gasteiger partial charge on any atom is 0.256 e. The number of aryl methyl sites for hydroxylation is 2. The average molecular weight is 276 g/mol. The zero-order valence-electron chi connectivity index (χ0n) is 12.8. The summed E-state index contributed by atoms with van der Waals surface area (Å²) in [4.78, 5) is 14.7. The van der Waals surface area contributed by atoms with E-state index in [9.17, 15) is 4.79 Å². The van der Waals surface area contributed by atoms with E-state index < -0.39 is 0 Å². The van der Waals surface area contributed by atoms with Gasteiger partial charge in [-0.05, 0) is 53.1 Å². The maximum absolute atomic E-state index is 12.8. The van der Waals surface area contributed by atoms with E-state index in [0.717, 1.165) is 25.2 Å². The fourth-order valence-electron chi connectivity index (χ4n) is 2.60. The van der Waals surface area contributed by atoms with Gasteiger partial charge in [0.25, 0.3) is 5.91 Å². The van der Waals surface area contributed by atoms with Crippen LogP contribution in [0.25, 0.3) is 0 Å². The minimum absolute atomic E-state index is 0.0594. The van der Waals surface area contributed by atoms with E-state index in [2.05, 4.69) is 29.4 Å². The summed E-state index contributed by atoms with van der Waals surface area (Å²) >= 11 is 0. The highest BCUT2D eigenvalue weighted by Gasteiger charge is 2.25. The van der Waals surface area contributed by atoms with E-state index in [0.29, 0.717) is 17.3 Å².